The number of aliphatic hydroxyl groups is 1. The van der Waals surface area contributed by atoms with E-state index in [1.54, 1.807) is 18.2 Å². The molecule has 4 rings (SSSR count). The Morgan fingerprint density at radius 2 is 1.91 bits per heavy atom. The van der Waals surface area contributed by atoms with Crippen LogP contribution in [0, 0.1) is 12.0 Å². The number of piperidine rings is 1. The number of nitrogens with zero attached hydrogens (tertiary/aromatic N) is 2. The summed E-state index contributed by atoms with van der Waals surface area (Å²) >= 11 is 6.11. The molecular formula is C25H28ClN3O3. The quantitative estimate of drug-likeness (QED) is 0.636. The summed E-state index contributed by atoms with van der Waals surface area (Å²) in [5.74, 6) is 0.540. The van der Waals surface area contributed by atoms with E-state index >= 15 is 0 Å². The predicted octanol–water partition coefficient (Wildman–Crippen LogP) is 4.83. The Morgan fingerprint density at radius 3 is 2.50 bits per heavy atom. The van der Waals surface area contributed by atoms with Crippen LogP contribution in [0.1, 0.15) is 43.5 Å². The van der Waals surface area contributed by atoms with E-state index in [0.29, 0.717) is 28.4 Å². The molecule has 0 unspecified atom stereocenters. The van der Waals surface area contributed by atoms with Gasteiger partial charge in [-0.05, 0) is 49.2 Å². The molecule has 2 N–H and O–H groups in total. The average molecular weight is 454 g/mol. The molecule has 0 spiro atoms. The fraction of sp³-hybridized carbons (Fsp3) is 0.440. The zero-order valence-corrected chi connectivity index (χ0v) is 19.1. The molecule has 2 atom stereocenters. The Bertz CT molecular complexity index is 1020. The highest BCUT2D eigenvalue weighted by atomic mass is 35.5. The zero-order chi connectivity index (χ0) is 22.9. The van der Waals surface area contributed by atoms with Crippen molar-refractivity contribution in [1.82, 2.24) is 5.32 Å². The number of ether oxygens (including phenoxy) is 1. The molecule has 2 aromatic rings. The van der Waals surface area contributed by atoms with Crippen LogP contribution < -0.4 is 15.0 Å². The smallest absolute Gasteiger partial charge is 0.251 e. The molecule has 0 aromatic heterocycles. The highest BCUT2D eigenvalue weighted by Crippen LogP contribution is 2.44. The number of halogens is 1. The number of hydrogen-bond donors (Lipinski definition) is 2. The molecule has 0 bridgehead atoms. The minimum atomic E-state index is -0.241. The molecule has 7 heteroatoms. The van der Waals surface area contributed by atoms with E-state index in [-0.39, 0.29) is 29.6 Å². The topological polar surface area (TPSA) is 66.2 Å². The second kappa shape index (κ2) is 9.01. The summed E-state index contributed by atoms with van der Waals surface area (Å²) in [6.45, 7) is 12.9. The lowest BCUT2D eigenvalue weighted by atomic mass is 9.64. The molecule has 1 amide bonds. The second-order valence-electron chi connectivity index (χ2n) is 9.18. The number of rotatable bonds is 5. The van der Waals surface area contributed by atoms with E-state index in [2.05, 4.69) is 28.9 Å². The zero-order valence-electron chi connectivity index (χ0n) is 18.3. The predicted molar refractivity (Wildman–Crippen MR) is 126 cm³/mol. The molecule has 2 aromatic carbocycles. The van der Waals surface area contributed by atoms with E-state index < -0.39 is 0 Å². The van der Waals surface area contributed by atoms with Gasteiger partial charge in [-0.3, -0.25) is 4.79 Å². The van der Waals surface area contributed by atoms with Gasteiger partial charge >= 0.3 is 0 Å². The molecular weight excluding hydrogens is 426 g/mol. The van der Waals surface area contributed by atoms with Gasteiger partial charge in [-0.25, -0.2) is 4.85 Å². The number of nitrogens with one attached hydrogen (secondary N) is 1. The standard InChI is InChI=1S/C25H28ClN3O3/c1-25(2)22(15-23(25)32-19-8-9-21(27-3)20(26)14-19)28-24(31)16-4-6-17(7-5-16)29-12-10-18(30)11-13-29/h4-9,14,18,22-23,30H,10-13,15H2,1-2H3,(H,28,31)/t22-,23-/m0/s1. The molecule has 1 saturated carbocycles. The lowest BCUT2D eigenvalue weighted by Crippen LogP contribution is -2.63. The maximum Gasteiger partial charge on any atom is 0.251 e. The SMILES string of the molecule is [C-]#[N+]c1ccc(O[C@H]2C[C@H](NC(=O)c3ccc(N4CCC(O)CC4)cc3)C2(C)C)cc1Cl. The second-order valence-corrected chi connectivity index (χ2v) is 9.59. The third kappa shape index (κ3) is 4.55. The van der Waals surface area contributed by atoms with Crippen LogP contribution >= 0.6 is 11.6 Å². The van der Waals surface area contributed by atoms with Gasteiger partial charge in [-0.15, -0.1) is 0 Å². The number of hydrogen-bond acceptors (Lipinski definition) is 4. The van der Waals surface area contributed by atoms with Crippen molar-refractivity contribution in [2.75, 3.05) is 18.0 Å². The first-order chi connectivity index (χ1) is 15.3. The van der Waals surface area contributed by atoms with Crippen LogP contribution in [0.3, 0.4) is 0 Å². The number of carbonyl (C=O) groups excluding carboxylic acids is 1. The summed E-state index contributed by atoms with van der Waals surface area (Å²) in [6, 6.07) is 12.7. The number of anilines is 1. The van der Waals surface area contributed by atoms with Gasteiger partial charge in [0.25, 0.3) is 5.91 Å². The highest BCUT2D eigenvalue weighted by Gasteiger charge is 2.50. The summed E-state index contributed by atoms with van der Waals surface area (Å²) < 4.78 is 6.09. The highest BCUT2D eigenvalue weighted by molar-refractivity contribution is 6.33. The van der Waals surface area contributed by atoms with Gasteiger partial charge in [0.2, 0.25) is 5.69 Å². The van der Waals surface area contributed by atoms with Gasteiger partial charge in [0.15, 0.2) is 0 Å². The van der Waals surface area contributed by atoms with Crippen molar-refractivity contribution in [2.24, 2.45) is 5.41 Å². The van der Waals surface area contributed by atoms with Crippen LogP contribution in [0.4, 0.5) is 11.4 Å². The third-order valence-corrected chi connectivity index (χ3v) is 7.06. The largest absolute Gasteiger partial charge is 0.490 e. The fourth-order valence-electron chi connectivity index (χ4n) is 4.34. The first-order valence-electron chi connectivity index (χ1n) is 11.0. The van der Waals surface area contributed by atoms with Gasteiger partial charge in [-0.1, -0.05) is 31.5 Å². The van der Waals surface area contributed by atoms with E-state index in [9.17, 15) is 9.90 Å². The minimum Gasteiger partial charge on any atom is -0.490 e. The molecule has 2 aliphatic rings. The van der Waals surface area contributed by atoms with Crippen molar-refractivity contribution >= 4 is 28.9 Å². The van der Waals surface area contributed by atoms with E-state index in [1.165, 1.54) is 0 Å². The van der Waals surface area contributed by atoms with Gasteiger partial charge < -0.3 is 20.1 Å². The van der Waals surface area contributed by atoms with Crippen molar-refractivity contribution in [3.63, 3.8) is 0 Å². The Kier molecular flexibility index (Phi) is 6.32. The normalized spacial score (nSPS) is 22.5. The molecule has 1 saturated heterocycles. The Hall–Kier alpha value is -2.75. The lowest BCUT2D eigenvalue weighted by Gasteiger charge is -2.51. The minimum absolute atomic E-state index is 0.00115. The van der Waals surface area contributed by atoms with Crippen LogP contribution in [-0.2, 0) is 0 Å². The summed E-state index contributed by atoms with van der Waals surface area (Å²) in [7, 11) is 0. The van der Waals surface area contributed by atoms with Crippen LogP contribution in [-0.4, -0.2) is 42.4 Å². The molecule has 0 radical (unpaired) electrons. The van der Waals surface area contributed by atoms with Gasteiger partial charge in [0, 0.05) is 42.2 Å². The van der Waals surface area contributed by atoms with Crippen molar-refractivity contribution in [1.29, 1.82) is 0 Å². The van der Waals surface area contributed by atoms with Gasteiger partial charge in [-0.2, -0.15) is 0 Å². The molecule has 1 heterocycles. The van der Waals surface area contributed by atoms with Gasteiger partial charge in [0.1, 0.15) is 11.9 Å². The van der Waals surface area contributed by atoms with Crippen molar-refractivity contribution in [3.8, 4) is 5.75 Å². The van der Waals surface area contributed by atoms with Crippen LogP contribution in [0.25, 0.3) is 4.85 Å². The molecule has 1 aliphatic heterocycles. The molecule has 1 aliphatic carbocycles. The molecule has 2 fully saturated rings. The van der Waals surface area contributed by atoms with Crippen molar-refractivity contribution < 1.29 is 14.6 Å². The number of benzene rings is 2. The first kappa shape index (κ1) is 22.4. The van der Waals surface area contributed by atoms with E-state index in [4.69, 9.17) is 22.9 Å². The third-order valence-electron chi connectivity index (χ3n) is 6.76. The summed E-state index contributed by atoms with van der Waals surface area (Å²) in [5.41, 5.74) is 1.87. The Balaban J connectivity index is 1.33. The van der Waals surface area contributed by atoms with Crippen molar-refractivity contribution in [2.45, 2.75) is 51.4 Å². The summed E-state index contributed by atoms with van der Waals surface area (Å²) in [5, 5.41) is 13.2. The molecule has 32 heavy (non-hydrogen) atoms. The lowest BCUT2D eigenvalue weighted by molar-refractivity contribution is -0.0515. The first-order valence-corrected chi connectivity index (χ1v) is 11.3. The Labute approximate surface area is 194 Å². The molecule has 168 valence electrons. The Morgan fingerprint density at radius 1 is 1.22 bits per heavy atom. The van der Waals surface area contributed by atoms with Crippen LogP contribution in [0.2, 0.25) is 5.02 Å². The van der Waals surface area contributed by atoms with Crippen molar-refractivity contribution in [3.05, 3.63) is 64.5 Å². The number of aliphatic hydroxyl groups excluding tert-OH is 1. The molecule has 6 nitrogen and oxygen atoms in total. The average Bonchev–Trinajstić information content (AvgIpc) is 2.79. The monoisotopic (exact) mass is 453 g/mol. The number of carbonyl (C=O) groups is 1. The van der Waals surface area contributed by atoms with Gasteiger partial charge in [0.05, 0.1) is 17.7 Å². The summed E-state index contributed by atoms with van der Waals surface area (Å²) in [4.78, 5) is 18.4. The van der Waals surface area contributed by atoms with Crippen LogP contribution in [0.15, 0.2) is 42.5 Å². The fourth-order valence-corrected chi connectivity index (χ4v) is 4.55. The van der Waals surface area contributed by atoms with E-state index in [0.717, 1.165) is 31.6 Å². The maximum atomic E-state index is 12.8. The number of amides is 1. The maximum absolute atomic E-state index is 12.8. The summed E-state index contributed by atoms with van der Waals surface area (Å²) in [6.07, 6.45) is 2.00. The van der Waals surface area contributed by atoms with Crippen LogP contribution in [0.5, 0.6) is 5.75 Å². The van der Waals surface area contributed by atoms with E-state index in [1.807, 2.05) is 24.3 Å².